The van der Waals surface area contributed by atoms with Gasteiger partial charge in [-0.15, -0.1) is 0 Å². The number of hydrogen-bond acceptors (Lipinski definition) is 6. The van der Waals surface area contributed by atoms with Gasteiger partial charge in [0, 0.05) is 19.3 Å². The molecule has 0 saturated heterocycles. The number of carbonyl (C=O) groups is 2. The summed E-state index contributed by atoms with van der Waals surface area (Å²) in [6.45, 7) is 5.92. The fourth-order valence-electron chi connectivity index (χ4n) is 3.43. The van der Waals surface area contributed by atoms with Crippen molar-refractivity contribution >= 4 is 51.7 Å². The van der Waals surface area contributed by atoms with Crippen molar-refractivity contribution in [2.75, 3.05) is 10.3 Å². The van der Waals surface area contributed by atoms with Crippen LogP contribution in [-0.2, 0) is 18.3 Å². The van der Waals surface area contributed by atoms with Crippen molar-refractivity contribution in [2.24, 2.45) is 7.05 Å². The standard InChI is InChI=1S/C22H25N7O3S/c1-22(2,3)32-21(31)29-16-9-8-14(10-13(16)11-24-29)25-20(33)27-26-19(30)15-6-5-7-17-18(15)23-12-28(17)4/h5-10,12,24H,11H2,1-4H3,(H,26,30)(H2,25,27,33). The summed E-state index contributed by atoms with van der Waals surface area (Å²) >= 11 is 5.30. The summed E-state index contributed by atoms with van der Waals surface area (Å²) in [6.07, 6.45) is 1.19. The number of nitrogens with zero attached hydrogens (tertiary/aromatic N) is 3. The van der Waals surface area contributed by atoms with Gasteiger partial charge >= 0.3 is 6.09 Å². The number of rotatable bonds is 2. The van der Waals surface area contributed by atoms with Crippen LogP contribution in [0, 0.1) is 0 Å². The van der Waals surface area contributed by atoms with Crippen LogP contribution in [0.25, 0.3) is 11.0 Å². The van der Waals surface area contributed by atoms with Gasteiger partial charge in [0.25, 0.3) is 5.91 Å². The Morgan fingerprint density at radius 2 is 1.97 bits per heavy atom. The number of anilines is 2. The molecule has 4 rings (SSSR count). The second-order valence-corrected chi connectivity index (χ2v) is 8.96. The van der Waals surface area contributed by atoms with Gasteiger partial charge in [0.2, 0.25) is 0 Å². The maximum absolute atomic E-state index is 12.6. The summed E-state index contributed by atoms with van der Waals surface area (Å²) < 4.78 is 7.27. The molecule has 10 nitrogen and oxygen atoms in total. The predicted molar refractivity (Wildman–Crippen MR) is 130 cm³/mol. The molecular weight excluding hydrogens is 442 g/mol. The molecule has 1 aliphatic rings. The smallest absolute Gasteiger partial charge is 0.429 e. The summed E-state index contributed by atoms with van der Waals surface area (Å²) in [6, 6.07) is 10.8. The largest absolute Gasteiger partial charge is 0.442 e. The highest BCUT2D eigenvalue weighted by molar-refractivity contribution is 7.80. The zero-order valence-corrected chi connectivity index (χ0v) is 19.5. The van der Waals surface area contributed by atoms with Crippen LogP contribution >= 0.6 is 12.2 Å². The molecule has 0 aliphatic carbocycles. The van der Waals surface area contributed by atoms with E-state index in [1.54, 1.807) is 30.6 Å². The van der Waals surface area contributed by atoms with E-state index >= 15 is 0 Å². The number of aryl methyl sites for hydroxylation is 1. The van der Waals surface area contributed by atoms with Crippen LogP contribution in [-0.4, -0.2) is 32.3 Å². The molecule has 0 atom stereocenters. The molecule has 0 bridgehead atoms. The van der Waals surface area contributed by atoms with Gasteiger partial charge in [0.15, 0.2) is 5.11 Å². The van der Waals surface area contributed by atoms with Gasteiger partial charge in [-0.1, -0.05) is 6.07 Å². The summed E-state index contributed by atoms with van der Waals surface area (Å²) in [5.41, 5.74) is 12.0. The Hall–Kier alpha value is -3.70. The average molecular weight is 468 g/mol. The lowest BCUT2D eigenvalue weighted by Gasteiger charge is -2.24. The molecule has 1 aromatic heterocycles. The molecule has 1 aliphatic heterocycles. The number of aromatic nitrogens is 2. The third-order valence-corrected chi connectivity index (χ3v) is 5.08. The number of carbonyl (C=O) groups excluding carboxylic acids is 2. The zero-order chi connectivity index (χ0) is 23.8. The number of nitrogens with one attached hydrogen (secondary N) is 4. The van der Waals surface area contributed by atoms with Gasteiger partial charge in [-0.3, -0.25) is 15.6 Å². The normalized spacial score (nSPS) is 12.9. The van der Waals surface area contributed by atoms with E-state index in [2.05, 4.69) is 26.6 Å². The highest BCUT2D eigenvalue weighted by Gasteiger charge is 2.29. The molecule has 0 saturated carbocycles. The second kappa shape index (κ2) is 8.68. The highest BCUT2D eigenvalue weighted by atomic mass is 32.1. The van der Waals surface area contributed by atoms with Gasteiger partial charge < -0.3 is 14.6 Å². The Morgan fingerprint density at radius 3 is 2.73 bits per heavy atom. The number of thiocarbonyl (C=S) groups is 1. The van der Waals surface area contributed by atoms with E-state index in [1.165, 1.54) is 5.01 Å². The predicted octanol–water partition coefficient (Wildman–Crippen LogP) is 2.96. The Morgan fingerprint density at radius 1 is 1.18 bits per heavy atom. The van der Waals surface area contributed by atoms with E-state index in [1.807, 2.05) is 44.5 Å². The first-order valence-corrected chi connectivity index (χ1v) is 10.7. The zero-order valence-electron chi connectivity index (χ0n) is 18.7. The summed E-state index contributed by atoms with van der Waals surface area (Å²) in [5, 5.41) is 4.63. The Kier molecular flexibility index (Phi) is 5.91. The highest BCUT2D eigenvalue weighted by Crippen LogP contribution is 2.29. The maximum atomic E-state index is 12.6. The van der Waals surface area contributed by atoms with Crippen molar-refractivity contribution in [1.82, 2.24) is 25.8 Å². The molecule has 0 unspecified atom stereocenters. The minimum atomic E-state index is -0.590. The van der Waals surface area contributed by atoms with E-state index in [0.717, 1.165) is 11.1 Å². The van der Waals surface area contributed by atoms with Crippen LogP contribution in [0.2, 0.25) is 0 Å². The molecule has 2 aromatic carbocycles. The first-order chi connectivity index (χ1) is 15.6. The van der Waals surface area contributed by atoms with Gasteiger partial charge in [-0.05, 0) is 68.9 Å². The van der Waals surface area contributed by atoms with Crippen molar-refractivity contribution in [3.05, 3.63) is 53.9 Å². The Bertz CT molecular complexity index is 1250. The third-order valence-electron chi connectivity index (χ3n) is 4.87. The van der Waals surface area contributed by atoms with Gasteiger partial charge in [0.1, 0.15) is 11.1 Å². The van der Waals surface area contributed by atoms with E-state index in [9.17, 15) is 9.59 Å². The number of hydrazine groups is 2. The van der Waals surface area contributed by atoms with Crippen molar-refractivity contribution in [3.8, 4) is 0 Å². The number of ether oxygens (including phenoxy) is 1. The van der Waals surface area contributed by atoms with Crippen LogP contribution in [0.3, 0.4) is 0 Å². The van der Waals surface area contributed by atoms with Crippen LogP contribution in [0.5, 0.6) is 0 Å². The summed E-state index contributed by atoms with van der Waals surface area (Å²) in [7, 11) is 1.87. The first-order valence-electron chi connectivity index (χ1n) is 10.3. The minimum absolute atomic E-state index is 0.214. The topological polar surface area (TPSA) is 113 Å². The van der Waals surface area contributed by atoms with Crippen LogP contribution in [0.1, 0.15) is 36.7 Å². The summed E-state index contributed by atoms with van der Waals surface area (Å²) in [5.74, 6) is -0.352. The average Bonchev–Trinajstić information content (AvgIpc) is 3.34. The minimum Gasteiger partial charge on any atom is -0.442 e. The molecule has 0 spiro atoms. The third kappa shape index (κ3) is 4.89. The van der Waals surface area contributed by atoms with Crippen molar-refractivity contribution in [1.29, 1.82) is 0 Å². The van der Waals surface area contributed by atoms with Crippen molar-refractivity contribution < 1.29 is 14.3 Å². The molecule has 2 amide bonds. The Labute approximate surface area is 196 Å². The fraction of sp³-hybridized carbons (Fsp3) is 0.273. The monoisotopic (exact) mass is 467 g/mol. The molecular formula is C22H25N7O3S. The lowest BCUT2D eigenvalue weighted by atomic mass is 10.1. The lowest BCUT2D eigenvalue weighted by Crippen LogP contribution is -2.43. The second-order valence-electron chi connectivity index (χ2n) is 8.56. The fourth-order valence-corrected chi connectivity index (χ4v) is 3.60. The van der Waals surface area contributed by atoms with E-state index < -0.39 is 11.7 Å². The Balaban J connectivity index is 1.36. The molecule has 0 radical (unpaired) electrons. The summed E-state index contributed by atoms with van der Waals surface area (Å²) in [4.78, 5) is 29.3. The number of benzene rings is 2. The molecule has 3 aromatic rings. The molecule has 0 fully saturated rings. The van der Waals surface area contributed by atoms with E-state index in [4.69, 9.17) is 17.0 Å². The van der Waals surface area contributed by atoms with Gasteiger partial charge in [-0.2, -0.15) is 0 Å². The molecule has 4 N–H and O–H groups in total. The lowest BCUT2D eigenvalue weighted by molar-refractivity contribution is 0.0565. The van der Waals surface area contributed by atoms with Crippen molar-refractivity contribution in [3.63, 3.8) is 0 Å². The SMILES string of the molecule is Cn1cnc2c(C(=O)NNC(=S)Nc3ccc4c(c3)CNN4C(=O)OC(C)(C)C)cccc21. The number of para-hydroxylation sites is 1. The molecule has 11 heteroatoms. The molecule has 2 heterocycles. The number of fused-ring (bicyclic) bond motifs is 2. The number of hydrogen-bond donors (Lipinski definition) is 4. The van der Waals surface area contributed by atoms with Crippen LogP contribution in [0.4, 0.5) is 16.2 Å². The molecule has 172 valence electrons. The maximum Gasteiger partial charge on any atom is 0.429 e. The van der Waals surface area contributed by atoms with Crippen LogP contribution < -0.4 is 26.6 Å². The number of amides is 2. The van der Waals surface area contributed by atoms with E-state index in [0.29, 0.717) is 29.0 Å². The quantitative estimate of drug-likeness (QED) is 0.336. The first kappa shape index (κ1) is 22.5. The van der Waals surface area contributed by atoms with Crippen LogP contribution in [0.15, 0.2) is 42.7 Å². The molecule has 33 heavy (non-hydrogen) atoms. The van der Waals surface area contributed by atoms with E-state index in [-0.39, 0.29) is 11.0 Å². The van der Waals surface area contributed by atoms with Gasteiger partial charge in [0.05, 0.1) is 23.1 Å². The number of imidazole rings is 1. The van der Waals surface area contributed by atoms with Crippen molar-refractivity contribution in [2.45, 2.75) is 32.9 Å². The van der Waals surface area contributed by atoms with Gasteiger partial charge in [-0.25, -0.2) is 20.2 Å².